The molecule has 1 aliphatic rings. The molecule has 0 bridgehead atoms. The molecular formula is C20H22FN3O2. The topological polar surface area (TPSA) is 62.3 Å². The van der Waals surface area contributed by atoms with Crippen molar-refractivity contribution in [3.63, 3.8) is 0 Å². The van der Waals surface area contributed by atoms with Crippen molar-refractivity contribution < 1.29 is 14.0 Å². The lowest BCUT2D eigenvalue weighted by molar-refractivity contribution is -0.120. The Bertz CT molecular complexity index is 759. The van der Waals surface area contributed by atoms with E-state index in [1.807, 2.05) is 4.90 Å². The summed E-state index contributed by atoms with van der Waals surface area (Å²) < 4.78 is 13.2. The predicted molar refractivity (Wildman–Crippen MR) is 96.0 cm³/mol. The van der Waals surface area contributed by atoms with Crippen LogP contribution in [0.1, 0.15) is 28.8 Å². The maximum absolute atomic E-state index is 13.2. The summed E-state index contributed by atoms with van der Waals surface area (Å²) in [5.41, 5.74) is 1.27. The van der Waals surface area contributed by atoms with E-state index in [1.165, 1.54) is 12.1 Å². The average Bonchev–Trinajstić information content (AvgIpc) is 2.67. The van der Waals surface area contributed by atoms with Crippen molar-refractivity contribution in [2.24, 2.45) is 5.92 Å². The summed E-state index contributed by atoms with van der Waals surface area (Å²) in [6, 6.07) is 9.62. The quantitative estimate of drug-likeness (QED) is 0.896. The first-order chi connectivity index (χ1) is 12.6. The minimum atomic E-state index is -0.332. The third-order valence-electron chi connectivity index (χ3n) is 4.65. The van der Waals surface area contributed by atoms with Crippen LogP contribution in [-0.2, 0) is 11.2 Å². The summed E-state index contributed by atoms with van der Waals surface area (Å²) in [5.74, 6) is -0.0819. The minimum absolute atomic E-state index is 0.00619. The van der Waals surface area contributed by atoms with Gasteiger partial charge in [0, 0.05) is 32.0 Å². The van der Waals surface area contributed by atoms with Gasteiger partial charge < -0.3 is 10.2 Å². The van der Waals surface area contributed by atoms with Gasteiger partial charge in [0.15, 0.2) is 0 Å². The van der Waals surface area contributed by atoms with E-state index in [9.17, 15) is 14.0 Å². The van der Waals surface area contributed by atoms with Crippen molar-refractivity contribution in [2.75, 3.05) is 19.6 Å². The van der Waals surface area contributed by atoms with Gasteiger partial charge >= 0.3 is 0 Å². The van der Waals surface area contributed by atoms with E-state index >= 15 is 0 Å². The van der Waals surface area contributed by atoms with Crippen LogP contribution in [0.25, 0.3) is 0 Å². The zero-order valence-electron chi connectivity index (χ0n) is 14.5. The van der Waals surface area contributed by atoms with Crippen molar-refractivity contribution in [2.45, 2.75) is 19.3 Å². The summed E-state index contributed by atoms with van der Waals surface area (Å²) in [7, 11) is 0. The Balaban J connectivity index is 1.41. The predicted octanol–water partition coefficient (Wildman–Crippen LogP) is 2.43. The third kappa shape index (κ3) is 4.88. The Morgan fingerprint density at radius 1 is 1.19 bits per heavy atom. The summed E-state index contributed by atoms with van der Waals surface area (Å²) in [6.45, 7) is 1.94. The number of hydrogen-bond donors (Lipinski definition) is 1. The smallest absolute Gasteiger partial charge is 0.255 e. The highest BCUT2D eigenvalue weighted by Gasteiger charge is 2.24. The van der Waals surface area contributed by atoms with Gasteiger partial charge in [0.05, 0.1) is 12.0 Å². The molecule has 1 N–H and O–H groups in total. The number of rotatable bonds is 5. The highest BCUT2D eigenvalue weighted by atomic mass is 19.1. The SMILES string of the molecule is O=C(Cc1cccc(F)c1)NCC1CCN(C(=O)c2cccnc2)CC1. The normalized spacial score (nSPS) is 14.9. The van der Waals surface area contributed by atoms with Crippen LogP contribution in [-0.4, -0.2) is 41.3 Å². The maximum atomic E-state index is 13.2. The fourth-order valence-corrected chi connectivity index (χ4v) is 3.17. The molecule has 1 aromatic heterocycles. The van der Waals surface area contributed by atoms with Crippen LogP contribution in [0.3, 0.4) is 0 Å². The van der Waals surface area contributed by atoms with Gasteiger partial charge in [-0.2, -0.15) is 0 Å². The molecule has 2 heterocycles. The number of nitrogens with one attached hydrogen (secondary N) is 1. The van der Waals surface area contributed by atoms with E-state index in [-0.39, 0.29) is 24.1 Å². The van der Waals surface area contributed by atoms with Gasteiger partial charge in [-0.15, -0.1) is 0 Å². The zero-order valence-corrected chi connectivity index (χ0v) is 14.5. The van der Waals surface area contributed by atoms with Crippen molar-refractivity contribution in [1.29, 1.82) is 0 Å². The van der Waals surface area contributed by atoms with Crippen molar-refractivity contribution in [3.8, 4) is 0 Å². The molecular weight excluding hydrogens is 333 g/mol. The molecule has 0 aliphatic carbocycles. The highest BCUT2D eigenvalue weighted by molar-refractivity contribution is 5.93. The molecule has 0 atom stereocenters. The summed E-state index contributed by atoms with van der Waals surface area (Å²) in [6.07, 6.45) is 5.12. The van der Waals surface area contributed by atoms with Crippen molar-refractivity contribution in [1.82, 2.24) is 15.2 Å². The Labute approximate surface area is 152 Å². The zero-order chi connectivity index (χ0) is 18.4. The van der Waals surface area contributed by atoms with Gasteiger partial charge in [-0.1, -0.05) is 12.1 Å². The van der Waals surface area contributed by atoms with Crippen LogP contribution in [0, 0.1) is 11.7 Å². The number of piperidine rings is 1. The molecule has 6 heteroatoms. The first-order valence-electron chi connectivity index (χ1n) is 8.82. The Kier molecular flexibility index (Phi) is 5.94. The van der Waals surface area contributed by atoms with E-state index in [1.54, 1.807) is 36.7 Å². The van der Waals surface area contributed by atoms with E-state index in [2.05, 4.69) is 10.3 Å². The lowest BCUT2D eigenvalue weighted by Crippen LogP contribution is -2.41. The molecule has 0 radical (unpaired) electrons. The number of carbonyl (C=O) groups excluding carboxylic acids is 2. The van der Waals surface area contributed by atoms with Gasteiger partial charge in [-0.25, -0.2) is 4.39 Å². The molecule has 136 valence electrons. The van der Waals surface area contributed by atoms with E-state index in [0.717, 1.165) is 12.8 Å². The monoisotopic (exact) mass is 355 g/mol. The molecule has 1 aliphatic heterocycles. The van der Waals surface area contributed by atoms with Gasteiger partial charge in [0.1, 0.15) is 5.82 Å². The molecule has 0 spiro atoms. The summed E-state index contributed by atoms with van der Waals surface area (Å²) in [4.78, 5) is 30.2. The maximum Gasteiger partial charge on any atom is 0.255 e. The number of halogens is 1. The number of amides is 2. The molecule has 1 fully saturated rings. The second kappa shape index (κ2) is 8.56. The van der Waals surface area contributed by atoms with E-state index < -0.39 is 0 Å². The number of pyridine rings is 1. The molecule has 26 heavy (non-hydrogen) atoms. The Morgan fingerprint density at radius 3 is 2.69 bits per heavy atom. The van der Waals surface area contributed by atoms with Crippen molar-refractivity contribution >= 4 is 11.8 Å². The number of likely N-dealkylation sites (tertiary alicyclic amines) is 1. The fourth-order valence-electron chi connectivity index (χ4n) is 3.17. The molecule has 5 nitrogen and oxygen atoms in total. The largest absolute Gasteiger partial charge is 0.356 e. The molecule has 2 aromatic rings. The molecule has 1 aromatic carbocycles. The minimum Gasteiger partial charge on any atom is -0.356 e. The standard InChI is InChI=1S/C20H22FN3O2/c21-18-5-1-3-16(11-18)12-19(25)23-13-15-6-9-24(10-7-15)20(26)17-4-2-8-22-14-17/h1-5,8,11,14-15H,6-7,9-10,12-13H2,(H,23,25). The molecule has 2 amide bonds. The Morgan fingerprint density at radius 2 is 2.00 bits per heavy atom. The lowest BCUT2D eigenvalue weighted by atomic mass is 9.96. The molecule has 1 saturated heterocycles. The number of carbonyl (C=O) groups is 2. The van der Waals surface area contributed by atoms with Crippen LogP contribution in [0.4, 0.5) is 4.39 Å². The highest BCUT2D eigenvalue weighted by Crippen LogP contribution is 2.18. The fraction of sp³-hybridized carbons (Fsp3) is 0.350. The first-order valence-corrected chi connectivity index (χ1v) is 8.82. The first kappa shape index (κ1) is 18.0. The molecule has 3 rings (SSSR count). The number of nitrogens with zero attached hydrogens (tertiary/aromatic N) is 2. The van der Waals surface area contributed by atoms with Crippen LogP contribution >= 0.6 is 0 Å². The lowest BCUT2D eigenvalue weighted by Gasteiger charge is -2.32. The van der Waals surface area contributed by atoms with Crippen LogP contribution in [0.5, 0.6) is 0 Å². The van der Waals surface area contributed by atoms with Gasteiger partial charge in [-0.05, 0) is 48.6 Å². The van der Waals surface area contributed by atoms with E-state index in [0.29, 0.717) is 36.7 Å². The summed E-state index contributed by atoms with van der Waals surface area (Å²) in [5, 5.41) is 2.92. The molecule has 0 saturated carbocycles. The van der Waals surface area contributed by atoms with Crippen LogP contribution in [0.2, 0.25) is 0 Å². The molecule has 0 unspecified atom stereocenters. The van der Waals surface area contributed by atoms with Gasteiger partial charge in [0.2, 0.25) is 5.91 Å². The van der Waals surface area contributed by atoms with Crippen LogP contribution < -0.4 is 5.32 Å². The van der Waals surface area contributed by atoms with Crippen molar-refractivity contribution in [3.05, 3.63) is 65.7 Å². The second-order valence-corrected chi connectivity index (χ2v) is 6.59. The second-order valence-electron chi connectivity index (χ2n) is 6.59. The number of benzene rings is 1. The van der Waals surface area contributed by atoms with Gasteiger partial charge in [0.25, 0.3) is 5.91 Å². The third-order valence-corrected chi connectivity index (χ3v) is 4.65. The number of aromatic nitrogens is 1. The Hall–Kier alpha value is -2.76. The van der Waals surface area contributed by atoms with Crippen LogP contribution in [0.15, 0.2) is 48.8 Å². The average molecular weight is 355 g/mol. The summed E-state index contributed by atoms with van der Waals surface area (Å²) >= 11 is 0. The van der Waals surface area contributed by atoms with Gasteiger partial charge in [-0.3, -0.25) is 14.6 Å². The number of hydrogen-bond acceptors (Lipinski definition) is 3. The van der Waals surface area contributed by atoms with E-state index in [4.69, 9.17) is 0 Å².